The molecule has 182 valence electrons. The lowest BCUT2D eigenvalue weighted by Gasteiger charge is -2.43. The number of para-hydroxylation sites is 2. The highest BCUT2D eigenvalue weighted by Crippen LogP contribution is 2.43. The topological polar surface area (TPSA) is 53.8 Å². The Morgan fingerprint density at radius 3 is 2.36 bits per heavy atom. The van der Waals surface area contributed by atoms with Gasteiger partial charge in [0.05, 0.1) is 6.04 Å². The summed E-state index contributed by atoms with van der Waals surface area (Å²) < 4.78 is 5.99. The fourth-order valence-corrected chi connectivity index (χ4v) is 5.06. The third-order valence-electron chi connectivity index (χ3n) is 6.64. The number of rotatable bonds is 5. The Hall–Kier alpha value is -3.83. The second kappa shape index (κ2) is 10.0. The molecule has 1 aliphatic heterocycles. The normalized spacial score (nSPS) is 16.9. The van der Waals surface area contributed by atoms with Crippen LogP contribution in [-0.2, 0) is 4.79 Å². The molecule has 0 spiro atoms. The highest BCUT2D eigenvalue weighted by molar-refractivity contribution is 6.30. The van der Waals surface area contributed by atoms with Crippen molar-refractivity contribution in [1.82, 2.24) is 0 Å². The average molecular weight is 499 g/mol. The zero-order chi connectivity index (χ0) is 25.2. The number of hydrogen-bond acceptors (Lipinski definition) is 3. The van der Waals surface area contributed by atoms with E-state index in [1.165, 1.54) is 0 Å². The Labute approximate surface area is 215 Å². The minimum atomic E-state index is -0.207. The average Bonchev–Trinajstić information content (AvgIpc) is 3.40. The van der Waals surface area contributed by atoms with Crippen LogP contribution in [0.25, 0.3) is 11.3 Å². The number of furan rings is 1. The number of fused-ring (bicyclic) bond motifs is 1. The molecule has 0 saturated carbocycles. The van der Waals surface area contributed by atoms with E-state index in [4.69, 9.17) is 16.0 Å². The Kier molecular flexibility index (Phi) is 6.66. The number of halogens is 1. The first kappa shape index (κ1) is 23.9. The molecule has 0 N–H and O–H groups in total. The lowest BCUT2D eigenvalue weighted by atomic mass is 9.89. The second-order valence-electron chi connectivity index (χ2n) is 8.96. The van der Waals surface area contributed by atoms with E-state index in [1.54, 1.807) is 29.2 Å². The first-order valence-corrected chi connectivity index (χ1v) is 12.5. The van der Waals surface area contributed by atoms with Crippen molar-refractivity contribution in [3.63, 3.8) is 0 Å². The van der Waals surface area contributed by atoms with Gasteiger partial charge in [0.2, 0.25) is 5.91 Å². The van der Waals surface area contributed by atoms with Crippen molar-refractivity contribution in [2.75, 3.05) is 9.80 Å². The molecule has 2 atom stereocenters. The monoisotopic (exact) mass is 498 g/mol. The Balaban J connectivity index is 1.51. The quantitative estimate of drug-likeness (QED) is 0.286. The van der Waals surface area contributed by atoms with E-state index in [-0.39, 0.29) is 29.7 Å². The summed E-state index contributed by atoms with van der Waals surface area (Å²) in [6.07, 6.45) is 0.999. The van der Waals surface area contributed by atoms with Crippen LogP contribution in [0.3, 0.4) is 0 Å². The third kappa shape index (κ3) is 4.42. The van der Waals surface area contributed by atoms with Gasteiger partial charge < -0.3 is 14.2 Å². The molecule has 36 heavy (non-hydrogen) atoms. The van der Waals surface area contributed by atoms with Crippen LogP contribution in [0.1, 0.15) is 48.8 Å². The minimum Gasteiger partial charge on any atom is -0.451 e. The Morgan fingerprint density at radius 1 is 0.944 bits per heavy atom. The molecule has 0 bridgehead atoms. The fraction of sp³-hybridized carbons (Fsp3) is 0.200. The second-order valence-corrected chi connectivity index (χ2v) is 9.39. The van der Waals surface area contributed by atoms with E-state index in [2.05, 4.69) is 0 Å². The molecular weight excluding hydrogens is 472 g/mol. The van der Waals surface area contributed by atoms with Crippen LogP contribution < -0.4 is 9.80 Å². The molecule has 0 saturated heterocycles. The zero-order valence-corrected chi connectivity index (χ0v) is 21.0. The number of hydrogen-bond donors (Lipinski definition) is 0. The maximum Gasteiger partial charge on any atom is 0.294 e. The van der Waals surface area contributed by atoms with Crippen LogP contribution >= 0.6 is 11.6 Å². The molecule has 5 rings (SSSR count). The van der Waals surface area contributed by atoms with Gasteiger partial charge in [0.25, 0.3) is 5.91 Å². The molecule has 4 aromatic rings. The summed E-state index contributed by atoms with van der Waals surface area (Å²) in [6, 6.07) is 28.0. The van der Waals surface area contributed by atoms with Crippen LogP contribution in [0, 0.1) is 0 Å². The molecular formula is C30H27ClN2O3. The minimum absolute atomic E-state index is 0.0478. The van der Waals surface area contributed by atoms with Gasteiger partial charge >= 0.3 is 0 Å². The van der Waals surface area contributed by atoms with E-state index in [9.17, 15) is 9.59 Å². The number of amides is 2. The molecule has 1 aromatic heterocycles. The Bertz CT molecular complexity index is 1380. The lowest BCUT2D eigenvalue weighted by Crippen LogP contribution is -2.47. The van der Waals surface area contributed by atoms with E-state index in [1.807, 2.05) is 85.5 Å². The SMILES string of the molecule is CCC(=O)N(c1ccccc1)C1CC(C)N(C(=O)c2ccc(-c3ccc(Cl)cc3)o2)c2ccccc21. The molecule has 3 aromatic carbocycles. The van der Waals surface area contributed by atoms with Gasteiger partial charge in [0.1, 0.15) is 5.76 Å². The Morgan fingerprint density at radius 2 is 1.64 bits per heavy atom. The molecule has 2 amide bonds. The predicted molar refractivity (Wildman–Crippen MR) is 143 cm³/mol. The highest BCUT2D eigenvalue weighted by atomic mass is 35.5. The number of benzene rings is 3. The summed E-state index contributed by atoms with van der Waals surface area (Å²) in [5, 5.41) is 0.640. The van der Waals surface area contributed by atoms with Crippen LogP contribution in [0.2, 0.25) is 5.02 Å². The van der Waals surface area contributed by atoms with Crippen molar-refractivity contribution >= 4 is 34.8 Å². The molecule has 0 fully saturated rings. The summed E-state index contributed by atoms with van der Waals surface area (Å²) in [7, 11) is 0. The van der Waals surface area contributed by atoms with Gasteiger partial charge in [-0.25, -0.2) is 0 Å². The standard InChI is InChI=1S/C30H27ClN2O3/c1-3-29(34)33(23-9-5-4-6-10-23)26-19-20(2)32(25-12-8-7-11-24(25)26)30(35)28-18-17-27(36-28)21-13-15-22(31)16-14-21/h4-18,20,26H,3,19H2,1-2H3. The van der Waals surface area contributed by atoms with Crippen molar-refractivity contribution in [1.29, 1.82) is 0 Å². The predicted octanol–water partition coefficient (Wildman–Crippen LogP) is 7.52. The van der Waals surface area contributed by atoms with Gasteiger partial charge in [-0.1, -0.05) is 54.9 Å². The number of anilines is 2. The van der Waals surface area contributed by atoms with Crippen molar-refractivity contribution in [3.05, 3.63) is 107 Å². The van der Waals surface area contributed by atoms with Gasteiger partial charge in [-0.05, 0) is 73.5 Å². The fourth-order valence-electron chi connectivity index (χ4n) is 4.93. The van der Waals surface area contributed by atoms with Gasteiger partial charge in [-0.2, -0.15) is 0 Å². The van der Waals surface area contributed by atoms with E-state index < -0.39 is 0 Å². The number of carbonyl (C=O) groups excluding carboxylic acids is 2. The maximum absolute atomic E-state index is 13.7. The van der Waals surface area contributed by atoms with Crippen molar-refractivity contribution < 1.29 is 14.0 Å². The molecule has 0 radical (unpaired) electrons. The molecule has 1 aliphatic rings. The molecule has 5 nitrogen and oxygen atoms in total. The third-order valence-corrected chi connectivity index (χ3v) is 6.89. The summed E-state index contributed by atoms with van der Waals surface area (Å²) in [4.78, 5) is 30.5. The largest absolute Gasteiger partial charge is 0.451 e. The van der Waals surface area contributed by atoms with Crippen LogP contribution in [0.4, 0.5) is 11.4 Å². The van der Waals surface area contributed by atoms with Crippen molar-refractivity contribution in [2.24, 2.45) is 0 Å². The lowest BCUT2D eigenvalue weighted by molar-refractivity contribution is -0.118. The first-order valence-electron chi connectivity index (χ1n) is 12.1. The molecule has 2 heterocycles. The van der Waals surface area contributed by atoms with E-state index in [0.29, 0.717) is 23.6 Å². The molecule has 2 unspecified atom stereocenters. The smallest absolute Gasteiger partial charge is 0.294 e. The van der Waals surface area contributed by atoms with E-state index >= 15 is 0 Å². The molecule has 0 aliphatic carbocycles. The van der Waals surface area contributed by atoms with Gasteiger partial charge in [-0.3, -0.25) is 9.59 Å². The summed E-state index contributed by atoms with van der Waals surface area (Å²) in [5.74, 6) is 0.715. The van der Waals surface area contributed by atoms with E-state index in [0.717, 1.165) is 22.5 Å². The highest BCUT2D eigenvalue weighted by Gasteiger charge is 2.39. The number of nitrogens with zero attached hydrogens (tertiary/aromatic N) is 2. The zero-order valence-electron chi connectivity index (χ0n) is 20.2. The van der Waals surface area contributed by atoms with Gasteiger partial charge in [-0.15, -0.1) is 0 Å². The van der Waals surface area contributed by atoms with Gasteiger partial charge in [0.15, 0.2) is 5.76 Å². The molecule has 6 heteroatoms. The van der Waals surface area contributed by atoms with Crippen LogP contribution in [-0.4, -0.2) is 17.9 Å². The summed E-state index contributed by atoms with van der Waals surface area (Å²) >= 11 is 6.01. The van der Waals surface area contributed by atoms with Crippen molar-refractivity contribution in [2.45, 2.75) is 38.8 Å². The summed E-state index contributed by atoms with van der Waals surface area (Å²) in [5.41, 5.74) is 3.44. The summed E-state index contributed by atoms with van der Waals surface area (Å²) in [6.45, 7) is 3.89. The van der Waals surface area contributed by atoms with Crippen molar-refractivity contribution in [3.8, 4) is 11.3 Å². The maximum atomic E-state index is 13.7. The first-order chi connectivity index (χ1) is 17.5. The van der Waals surface area contributed by atoms with Gasteiger partial charge in [0, 0.05) is 34.4 Å². The number of carbonyl (C=O) groups is 2. The van der Waals surface area contributed by atoms with Crippen LogP contribution in [0.5, 0.6) is 0 Å². The van der Waals surface area contributed by atoms with Crippen LogP contribution in [0.15, 0.2) is 95.4 Å².